The molecular formula is C22H22N4O7. The molecule has 1 N–H and O–H groups in total. The molecule has 0 atom stereocenters. The van der Waals surface area contributed by atoms with Crippen LogP contribution in [0.2, 0.25) is 0 Å². The molecule has 1 heterocycles. The molecule has 0 aliphatic heterocycles. The van der Waals surface area contributed by atoms with Gasteiger partial charge in [0.15, 0.2) is 11.5 Å². The number of nitrogens with zero attached hydrogens (tertiary/aromatic N) is 3. The van der Waals surface area contributed by atoms with Gasteiger partial charge in [-0.25, -0.2) is 0 Å². The third-order valence-corrected chi connectivity index (χ3v) is 5.54. The topological polar surface area (TPSA) is 142 Å². The molecule has 0 spiro atoms. The maximum Gasteiger partial charge on any atom is 0.301 e. The number of nitrogens with one attached hydrogen (secondary N) is 1. The van der Waals surface area contributed by atoms with Crippen LogP contribution in [0.5, 0.6) is 11.5 Å². The van der Waals surface area contributed by atoms with E-state index in [0.717, 1.165) is 22.8 Å². The minimum atomic E-state index is -0.684. The maximum absolute atomic E-state index is 11.5. The predicted octanol–water partition coefficient (Wildman–Crippen LogP) is 5.06. The van der Waals surface area contributed by atoms with E-state index in [1.165, 1.54) is 12.1 Å². The molecule has 4 rings (SSSR count). The molecule has 1 aliphatic rings. The van der Waals surface area contributed by atoms with Gasteiger partial charge in [0, 0.05) is 29.5 Å². The van der Waals surface area contributed by atoms with Gasteiger partial charge in [-0.2, -0.15) is 5.10 Å². The summed E-state index contributed by atoms with van der Waals surface area (Å²) in [5.74, 6) is 1.82. The van der Waals surface area contributed by atoms with Crippen LogP contribution in [-0.2, 0) is 6.42 Å². The van der Waals surface area contributed by atoms with E-state index in [1.807, 2.05) is 6.07 Å². The van der Waals surface area contributed by atoms with Gasteiger partial charge in [0.1, 0.15) is 17.0 Å². The number of anilines is 1. The molecule has 0 saturated carbocycles. The van der Waals surface area contributed by atoms with Gasteiger partial charge in [0.05, 0.1) is 35.8 Å². The molecule has 0 saturated heterocycles. The van der Waals surface area contributed by atoms with E-state index in [-0.39, 0.29) is 16.8 Å². The highest BCUT2D eigenvalue weighted by Crippen LogP contribution is 2.43. The first-order valence-electron chi connectivity index (χ1n) is 10.1. The van der Waals surface area contributed by atoms with Crippen molar-refractivity contribution in [2.75, 3.05) is 19.6 Å². The lowest BCUT2D eigenvalue weighted by molar-refractivity contribution is -0.393. The summed E-state index contributed by atoms with van der Waals surface area (Å²) in [6, 6.07) is 6.94. The van der Waals surface area contributed by atoms with E-state index in [9.17, 15) is 20.2 Å². The van der Waals surface area contributed by atoms with Gasteiger partial charge >= 0.3 is 5.69 Å². The van der Waals surface area contributed by atoms with Crippen LogP contribution in [0.4, 0.5) is 17.1 Å². The van der Waals surface area contributed by atoms with E-state index >= 15 is 0 Å². The van der Waals surface area contributed by atoms with Crippen molar-refractivity contribution in [3.8, 4) is 11.5 Å². The highest BCUT2D eigenvalue weighted by atomic mass is 16.6. The minimum absolute atomic E-state index is 0.0510. The van der Waals surface area contributed by atoms with Crippen molar-refractivity contribution in [1.29, 1.82) is 0 Å². The molecule has 0 radical (unpaired) electrons. The summed E-state index contributed by atoms with van der Waals surface area (Å²) in [6.45, 7) is 4.16. The van der Waals surface area contributed by atoms with Crippen LogP contribution in [0.15, 0.2) is 39.9 Å². The Labute approximate surface area is 188 Å². The molecule has 1 aromatic heterocycles. The van der Waals surface area contributed by atoms with E-state index in [1.54, 1.807) is 20.3 Å². The summed E-state index contributed by atoms with van der Waals surface area (Å²) in [6.07, 6.45) is 1.26. The molecule has 3 aromatic rings. The first-order valence-corrected chi connectivity index (χ1v) is 10.1. The quantitative estimate of drug-likeness (QED) is 0.402. The standard InChI is InChI=1S/C22H22N4O7/c1-22(2)10-15(24-23-14-6-5-12(25(27)28)7-16(14)26(29)30)21-13-8-18(31-3)19(32-4)9-17(13)33-20(21)11-22/h5-9,23H,10-11H2,1-4H3/b24-15-. The van der Waals surface area contributed by atoms with Gasteiger partial charge in [-0.05, 0) is 24.0 Å². The number of nitro benzene ring substituents is 2. The molecule has 11 heteroatoms. The largest absolute Gasteiger partial charge is 0.493 e. The molecule has 0 fully saturated rings. The minimum Gasteiger partial charge on any atom is -0.493 e. The second-order valence-corrected chi connectivity index (χ2v) is 8.51. The van der Waals surface area contributed by atoms with Crippen LogP contribution >= 0.6 is 0 Å². The summed E-state index contributed by atoms with van der Waals surface area (Å²) >= 11 is 0. The molecular weight excluding hydrogens is 432 g/mol. The first kappa shape index (κ1) is 22.1. The van der Waals surface area contributed by atoms with Crippen LogP contribution in [0.3, 0.4) is 0 Å². The smallest absolute Gasteiger partial charge is 0.301 e. The highest BCUT2D eigenvalue weighted by molar-refractivity contribution is 6.13. The Bertz CT molecular complexity index is 1310. The third-order valence-electron chi connectivity index (χ3n) is 5.54. The lowest BCUT2D eigenvalue weighted by Gasteiger charge is -2.29. The number of methoxy groups -OCH3 is 2. The lowest BCUT2D eigenvalue weighted by atomic mass is 9.75. The Hall–Kier alpha value is -4.15. The van der Waals surface area contributed by atoms with Crippen molar-refractivity contribution in [3.05, 3.63) is 61.9 Å². The maximum atomic E-state index is 11.5. The fourth-order valence-electron chi connectivity index (χ4n) is 4.06. The normalized spacial score (nSPS) is 15.8. The van der Waals surface area contributed by atoms with Crippen molar-refractivity contribution in [2.24, 2.45) is 10.5 Å². The van der Waals surface area contributed by atoms with Crippen molar-refractivity contribution in [1.82, 2.24) is 0 Å². The van der Waals surface area contributed by atoms with Gasteiger partial charge < -0.3 is 13.9 Å². The van der Waals surface area contributed by atoms with Crippen molar-refractivity contribution in [2.45, 2.75) is 26.7 Å². The fourth-order valence-corrected chi connectivity index (χ4v) is 4.06. The second kappa shape index (κ2) is 8.08. The average Bonchev–Trinajstić information content (AvgIpc) is 3.11. The zero-order valence-electron chi connectivity index (χ0n) is 18.5. The summed E-state index contributed by atoms with van der Waals surface area (Å²) in [4.78, 5) is 21.1. The Morgan fingerprint density at radius 1 is 1.03 bits per heavy atom. The molecule has 172 valence electrons. The Kier molecular flexibility index (Phi) is 5.40. The number of benzene rings is 2. The molecule has 1 aliphatic carbocycles. The SMILES string of the molecule is COc1cc2oc3c(c2cc1OC)/C(=N\Nc1ccc([N+](=O)[O-])cc1[N+](=O)[O-])CC(C)(C)C3. The number of non-ortho nitro benzene ring substituents is 1. The van der Waals surface area contributed by atoms with Crippen LogP contribution in [0.1, 0.15) is 31.6 Å². The molecule has 0 unspecified atom stereocenters. The average molecular weight is 454 g/mol. The number of hydrogen-bond donors (Lipinski definition) is 1. The van der Waals surface area contributed by atoms with E-state index < -0.39 is 15.5 Å². The van der Waals surface area contributed by atoms with Crippen molar-refractivity contribution >= 4 is 33.7 Å². The van der Waals surface area contributed by atoms with Crippen LogP contribution < -0.4 is 14.9 Å². The molecule has 2 aromatic carbocycles. The monoisotopic (exact) mass is 454 g/mol. The van der Waals surface area contributed by atoms with Gasteiger partial charge in [-0.15, -0.1) is 0 Å². The van der Waals surface area contributed by atoms with Crippen molar-refractivity contribution in [3.63, 3.8) is 0 Å². The van der Waals surface area contributed by atoms with E-state index in [2.05, 4.69) is 24.4 Å². The second-order valence-electron chi connectivity index (χ2n) is 8.51. The number of furan rings is 1. The lowest BCUT2D eigenvalue weighted by Crippen LogP contribution is -2.27. The summed E-state index contributed by atoms with van der Waals surface area (Å²) in [7, 11) is 3.09. The van der Waals surface area contributed by atoms with Crippen molar-refractivity contribution < 1.29 is 23.7 Å². The summed E-state index contributed by atoms with van der Waals surface area (Å²) in [5.41, 5.74) is 3.87. The Morgan fingerprint density at radius 3 is 2.36 bits per heavy atom. The van der Waals surface area contributed by atoms with Crippen LogP contribution in [0.25, 0.3) is 11.0 Å². The Balaban J connectivity index is 1.82. The molecule has 11 nitrogen and oxygen atoms in total. The van der Waals surface area contributed by atoms with Gasteiger partial charge in [0.25, 0.3) is 5.69 Å². The van der Waals surface area contributed by atoms with Gasteiger partial charge in [-0.1, -0.05) is 13.8 Å². The number of nitro groups is 2. The van der Waals surface area contributed by atoms with Crippen LogP contribution in [-0.4, -0.2) is 29.8 Å². The number of hydrazone groups is 1. The number of hydrogen-bond acceptors (Lipinski definition) is 9. The summed E-state index contributed by atoms with van der Waals surface area (Å²) in [5, 5.41) is 27.7. The van der Waals surface area contributed by atoms with Gasteiger partial charge in [0.2, 0.25) is 0 Å². The number of fused-ring (bicyclic) bond motifs is 3. The van der Waals surface area contributed by atoms with Crippen LogP contribution in [0, 0.1) is 25.6 Å². The summed E-state index contributed by atoms with van der Waals surface area (Å²) < 4.78 is 16.9. The molecule has 0 bridgehead atoms. The first-order chi connectivity index (χ1) is 15.6. The van der Waals surface area contributed by atoms with Gasteiger partial charge in [-0.3, -0.25) is 25.7 Å². The zero-order chi connectivity index (χ0) is 23.9. The predicted molar refractivity (Wildman–Crippen MR) is 121 cm³/mol. The Morgan fingerprint density at radius 2 is 1.73 bits per heavy atom. The molecule has 33 heavy (non-hydrogen) atoms. The number of rotatable bonds is 6. The van der Waals surface area contributed by atoms with E-state index in [0.29, 0.717) is 35.6 Å². The number of ether oxygens (including phenoxy) is 2. The third kappa shape index (κ3) is 4.04. The highest BCUT2D eigenvalue weighted by Gasteiger charge is 2.35. The fraction of sp³-hybridized carbons (Fsp3) is 0.318. The van der Waals surface area contributed by atoms with E-state index in [4.69, 9.17) is 13.9 Å². The zero-order valence-corrected chi connectivity index (χ0v) is 18.5. The molecule has 0 amide bonds.